The fraction of sp³-hybridized carbons (Fsp3) is 0.581. The maximum absolute atomic E-state index is 14.4. The van der Waals surface area contributed by atoms with Crippen molar-refractivity contribution in [2.75, 3.05) is 31.1 Å². The first kappa shape index (κ1) is 29.0. The lowest BCUT2D eigenvalue weighted by Crippen LogP contribution is -2.58. The highest BCUT2D eigenvalue weighted by Crippen LogP contribution is 2.64. The van der Waals surface area contributed by atoms with E-state index in [9.17, 15) is 19.5 Å². The number of rotatable bonds is 13. The molecule has 4 rings (SSSR count). The van der Waals surface area contributed by atoms with Gasteiger partial charge in [-0.25, -0.2) is 0 Å². The van der Waals surface area contributed by atoms with E-state index in [0.717, 1.165) is 18.5 Å². The summed E-state index contributed by atoms with van der Waals surface area (Å²) in [5.74, 6) is -2.23. The number of para-hydroxylation sites is 1. The Balaban J connectivity index is 1.81. The van der Waals surface area contributed by atoms with Crippen LogP contribution in [0.4, 0.5) is 5.69 Å². The van der Waals surface area contributed by atoms with Crippen molar-refractivity contribution in [1.29, 1.82) is 0 Å². The quantitative estimate of drug-likeness (QED) is 0.389. The zero-order valence-corrected chi connectivity index (χ0v) is 23.6. The molecular weight excluding hydrogens is 494 g/mol. The molecule has 0 aliphatic carbocycles. The molecule has 3 heterocycles. The van der Waals surface area contributed by atoms with Gasteiger partial charge in [-0.05, 0) is 44.7 Å². The van der Waals surface area contributed by atoms with E-state index in [4.69, 9.17) is 4.74 Å². The van der Waals surface area contributed by atoms with Crippen LogP contribution in [0.5, 0.6) is 0 Å². The van der Waals surface area contributed by atoms with Gasteiger partial charge in [-0.3, -0.25) is 14.4 Å². The average molecular weight is 538 g/mol. The van der Waals surface area contributed by atoms with Crippen molar-refractivity contribution in [3.63, 3.8) is 0 Å². The second-order valence-electron chi connectivity index (χ2n) is 11.1. The maximum atomic E-state index is 14.4. The minimum Gasteiger partial charge on any atom is -0.395 e. The molecule has 3 aliphatic heterocycles. The Morgan fingerprint density at radius 3 is 2.44 bits per heavy atom. The number of benzene rings is 1. The van der Waals surface area contributed by atoms with Crippen LogP contribution < -0.4 is 4.90 Å². The number of hydrogen-bond donors (Lipinski definition) is 1. The first-order valence-corrected chi connectivity index (χ1v) is 14.3. The van der Waals surface area contributed by atoms with Crippen LogP contribution in [0, 0.1) is 11.8 Å². The van der Waals surface area contributed by atoms with Gasteiger partial charge in [0.25, 0.3) is 0 Å². The monoisotopic (exact) mass is 537 g/mol. The molecule has 3 saturated heterocycles. The summed E-state index contributed by atoms with van der Waals surface area (Å²) < 4.78 is 6.88. The van der Waals surface area contributed by atoms with Gasteiger partial charge < -0.3 is 24.5 Å². The standard InChI is InChI=1S/C31H43N3O5/c1-6-13-22(5)32(18-7-2)29(38)26-31-17-16-30(9-4,39-31)24(25(31)28(37)34(26)20-21-35)27(36)33(19-8-3)23-14-11-10-12-15-23/h7-8,10-12,14-15,22,24-26,35H,2-3,6,9,13,16-21H2,1,4-5H3/t22?,24-,25-,26?,30+,31?/m0/s1. The molecule has 3 unspecified atom stereocenters. The predicted molar refractivity (Wildman–Crippen MR) is 151 cm³/mol. The molecule has 8 heteroatoms. The van der Waals surface area contributed by atoms with E-state index in [1.807, 2.05) is 44.2 Å². The number of ether oxygens (including phenoxy) is 1. The van der Waals surface area contributed by atoms with Crippen LogP contribution >= 0.6 is 0 Å². The zero-order chi connectivity index (χ0) is 28.4. The number of likely N-dealkylation sites (tertiary alicyclic amines) is 1. The summed E-state index contributed by atoms with van der Waals surface area (Å²) in [5, 5.41) is 9.93. The molecule has 2 bridgehead atoms. The van der Waals surface area contributed by atoms with Gasteiger partial charge in [0, 0.05) is 31.4 Å². The highest BCUT2D eigenvalue weighted by Gasteiger charge is 2.79. The Morgan fingerprint density at radius 1 is 1.15 bits per heavy atom. The van der Waals surface area contributed by atoms with Crippen LogP contribution in [-0.4, -0.2) is 82.2 Å². The maximum Gasteiger partial charge on any atom is 0.248 e. The molecule has 212 valence electrons. The topological polar surface area (TPSA) is 90.4 Å². The molecular formula is C31H43N3O5. The van der Waals surface area contributed by atoms with E-state index in [0.29, 0.717) is 25.8 Å². The molecule has 39 heavy (non-hydrogen) atoms. The summed E-state index contributed by atoms with van der Waals surface area (Å²) in [6, 6.07) is 8.41. The summed E-state index contributed by atoms with van der Waals surface area (Å²) in [5.41, 5.74) is -1.24. The van der Waals surface area contributed by atoms with Crippen LogP contribution in [0.3, 0.4) is 0 Å². The number of amides is 3. The summed E-state index contributed by atoms with van der Waals surface area (Å²) in [4.78, 5) is 47.9. The van der Waals surface area contributed by atoms with E-state index >= 15 is 0 Å². The van der Waals surface area contributed by atoms with Gasteiger partial charge >= 0.3 is 0 Å². The fourth-order valence-electron chi connectivity index (χ4n) is 7.31. The van der Waals surface area contributed by atoms with Crippen LogP contribution in [-0.2, 0) is 19.1 Å². The third-order valence-electron chi connectivity index (χ3n) is 9.01. The average Bonchev–Trinajstić information content (AvgIpc) is 3.54. The smallest absolute Gasteiger partial charge is 0.248 e. The van der Waals surface area contributed by atoms with E-state index in [2.05, 4.69) is 20.1 Å². The normalized spacial score (nSPS) is 29.7. The lowest BCUT2D eigenvalue weighted by atomic mass is 9.64. The first-order valence-electron chi connectivity index (χ1n) is 14.3. The molecule has 3 amide bonds. The van der Waals surface area contributed by atoms with Gasteiger partial charge in [-0.1, -0.05) is 50.6 Å². The summed E-state index contributed by atoms with van der Waals surface area (Å²) in [6.45, 7) is 14.1. The molecule has 6 atom stereocenters. The number of aliphatic hydroxyl groups excluding tert-OH is 1. The number of β-amino-alcohol motifs (C(OH)–C–C–N with tert-alkyl or cyclic N) is 1. The first-order chi connectivity index (χ1) is 18.8. The molecule has 1 aromatic rings. The lowest BCUT2D eigenvalue weighted by molar-refractivity contribution is -0.154. The van der Waals surface area contributed by atoms with Crippen molar-refractivity contribution in [3.05, 3.63) is 55.6 Å². The summed E-state index contributed by atoms with van der Waals surface area (Å²) in [7, 11) is 0. The largest absolute Gasteiger partial charge is 0.395 e. The number of nitrogens with zero attached hydrogens (tertiary/aromatic N) is 3. The highest BCUT2D eigenvalue weighted by molar-refractivity contribution is 6.03. The summed E-state index contributed by atoms with van der Waals surface area (Å²) >= 11 is 0. The fourth-order valence-corrected chi connectivity index (χ4v) is 7.31. The third-order valence-corrected chi connectivity index (χ3v) is 9.01. The van der Waals surface area contributed by atoms with Crippen LogP contribution in [0.25, 0.3) is 0 Å². The SMILES string of the molecule is C=CCN(C(=O)[C@@H]1[C@H]2C(=O)N(CCO)C(C(=O)N(CC=C)C(C)CCC)C23CC[C@@]1(CC)O3)c1ccccc1. The Labute approximate surface area is 232 Å². The Kier molecular flexibility index (Phi) is 8.66. The Morgan fingerprint density at radius 2 is 1.85 bits per heavy atom. The predicted octanol–water partition coefficient (Wildman–Crippen LogP) is 3.56. The van der Waals surface area contributed by atoms with Gasteiger partial charge in [0.1, 0.15) is 11.6 Å². The number of hydrogen-bond acceptors (Lipinski definition) is 5. The van der Waals surface area contributed by atoms with Gasteiger partial charge in [-0.15, -0.1) is 13.2 Å². The van der Waals surface area contributed by atoms with Crippen LogP contribution in [0.15, 0.2) is 55.6 Å². The molecule has 0 saturated carbocycles. The van der Waals surface area contributed by atoms with Crippen LogP contribution in [0.1, 0.15) is 52.9 Å². The van der Waals surface area contributed by atoms with Gasteiger partial charge in [0.05, 0.1) is 24.0 Å². The number of aliphatic hydroxyl groups is 1. The van der Waals surface area contributed by atoms with E-state index in [1.54, 1.807) is 22.0 Å². The van der Waals surface area contributed by atoms with Crippen molar-refractivity contribution >= 4 is 23.4 Å². The molecule has 1 aromatic carbocycles. The highest BCUT2D eigenvalue weighted by atomic mass is 16.5. The molecule has 3 aliphatic rings. The molecule has 8 nitrogen and oxygen atoms in total. The zero-order valence-electron chi connectivity index (χ0n) is 23.6. The minimum atomic E-state index is -1.12. The van der Waals surface area contributed by atoms with Gasteiger partial charge in [-0.2, -0.15) is 0 Å². The van der Waals surface area contributed by atoms with Crippen molar-refractivity contribution in [2.24, 2.45) is 11.8 Å². The second kappa shape index (κ2) is 11.6. The van der Waals surface area contributed by atoms with Crippen molar-refractivity contribution in [2.45, 2.75) is 76.2 Å². The molecule has 1 N–H and O–H groups in total. The minimum absolute atomic E-state index is 0.00995. The third kappa shape index (κ3) is 4.61. The summed E-state index contributed by atoms with van der Waals surface area (Å²) in [6.07, 6.45) is 6.74. The second-order valence-corrected chi connectivity index (χ2v) is 11.1. The molecule has 3 fully saturated rings. The van der Waals surface area contributed by atoms with Gasteiger partial charge in [0.2, 0.25) is 17.7 Å². The number of fused-ring (bicyclic) bond motifs is 1. The Hall–Kier alpha value is -2.97. The van der Waals surface area contributed by atoms with Crippen LogP contribution in [0.2, 0.25) is 0 Å². The Bertz CT molecular complexity index is 1090. The molecule has 0 aromatic heterocycles. The van der Waals surface area contributed by atoms with E-state index < -0.39 is 29.1 Å². The lowest BCUT2D eigenvalue weighted by Gasteiger charge is -2.38. The number of carbonyl (C=O) groups excluding carboxylic acids is 3. The van der Waals surface area contributed by atoms with E-state index in [-0.39, 0.29) is 43.5 Å². The van der Waals surface area contributed by atoms with E-state index in [1.165, 1.54) is 4.90 Å². The van der Waals surface area contributed by atoms with Crippen molar-refractivity contribution in [3.8, 4) is 0 Å². The van der Waals surface area contributed by atoms with Crippen molar-refractivity contribution < 1.29 is 24.2 Å². The van der Waals surface area contributed by atoms with Gasteiger partial charge in [0.15, 0.2) is 0 Å². The number of anilines is 1. The van der Waals surface area contributed by atoms with Crippen molar-refractivity contribution in [1.82, 2.24) is 9.80 Å². The number of carbonyl (C=O) groups is 3. The molecule has 1 spiro atoms. The molecule has 0 radical (unpaired) electrons.